The smallest absolute Gasteiger partial charge is 0.245 e. The molecule has 0 bridgehead atoms. The number of ether oxygens (including phenoxy) is 1. The van der Waals surface area contributed by atoms with Crippen molar-refractivity contribution in [2.45, 2.75) is 31.6 Å². The molecule has 0 saturated carbocycles. The van der Waals surface area contributed by atoms with Crippen molar-refractivity contribution in [3.8, 4) is 5.75 Å². The molecule has 1 aromatic rings. The SMILES string of the molecule is C=CC(=O)N1CCCC(C(=O)N2CCC(c3cccc(OC)c3)CC2)C1. The minimum Gasteiger partial charge on any atom is -0.497 e. The van der Waals surface area contributed by atoms with Crippen molar-refractivity contribution in [3.63, 3.8) is 0 Å². The Labute approximate surface area is 155 Å². The topological polar surface area (TPSA) is 49.9 Å². The number of nitrogens with zero attached hydrogens (tertiary/aromatic N) is 2. The molecule has 140 valence electrons. The molecule has 1 unspecified atom stereocenters. The van der Waals surface area contributed by atoms with Crippen LogP contribution in [0.3, 0.4) is 0 Å². The van der Waals surface area contributed by atoms with E-state index in [4.69, 9.17) is 4.74 Å². The average Bonchev–Trinajstić information content (AvgIpc) is 2.72. The van der Waals surface area contributed by atoms with Crippen molar-refractivity contribution in [2.75, 3.05) is 33.3 Å². The summed E-state index contributed by atoms with van der Waals surface area (Å²) < 4.78 is 5.32. The zero-order valence-electron chi connectivity index (χ0n) is 15.5. The van der Waals surface area contributed by atoms with Gasteiger partial charge < -0.3 is 14.5 Å². The van der Waals surface area contributed by atoms with Crippen LogP contribution < -0.4 is 4.74 Å². The van der Waals surface area contributed by atoms with E-state index in [1.165, 1.54) is 11.6 Å². The molecule has 3 rings (SSSR count). The van der Waals surface area contributed by atoms with E-state index in [1.807, 2.05) is 17.0 Å². The maximum absolute atomic E-state index is 12.9. The van der Waals surface area contributed by atoms with Crippen LogP contribution in [0.15, 0.2) is 36.9 Å². The Balaban J connectivity index is 1.56. The molecule has 2 amide bonds. The van der Waals surface area contributed by atoms with Crippen molar-refractivity contribution < 1.29 is 14.3 Å². The summed E-state index contributed by atoms with van der Waals surface area (Å²) >= 11 is 0. The second-order valence-corrected chi connectivity index (χ2v) is 7.20. The first-order chi connectivity index (χ1) is 12.6. The summed E-state index contributed by atoms with van der Waals surface area (Å²) in [6.07, 6.45) is 5.04. The number of benzene rings is 1. The van der Waals surface area contributed by atoms with E-state index in [9.17, 15) is 9.59 Å². The van der Waals surface area contributed by atoms with Gasteiger partial charge in [-0.3, -0.25) is 9.59 Å². The summed E-state index contributed by atoms with van der Waals surface area (Å²) in [5.74, 6) is 1.42. The van der Waals surface area contributed by atoms with Gasteiger partial charge in [0.2, 0.25) is 11.8 Å². The summed E-state index contributed by atoms with van der Waals surface area (Å²) in [7, 11) is 1.69. The van der Waals surface area contributed by atoms with Gasteiger partial charge in [-0.2, -0.15) is 0 Å². The summed E-state index contributed by atoms with van der Waals surface area (Å²) in [6.45, 7) is 6.37. The zero-order chi connectivity index (χ0) is 18.5. The lowest BCUT2D eigenvalue weighted by Gasteiger charge is -2.37. The van der Waals surface area contributed by atoms with Gasteiger partial charge in [0.15, 0.2) is 0 Å². The molecule has 1 atom stereocenters. The van der Waals surface area contributed by atoms with Crippen molar-refractivity contribution in [1.29, 1.82) is 0 Å². The molecule has 2 aliphatic rings. The van der Waals surface area contributed by atoms with E-state index in [1.54, 1.807) is 12.0 Å². The Morgan fingerprint density at radius 3 is 2.62 bits per heavy atom. The van der Waals surface area contributed by atoms with Gasteiger partial charge in [0, 0.05) is 26.2 Å². The number of hydrogen-bond donors (Lipinski definition) is 0. The van der Waals surface area contributed by atoms with E-state index in [0.717, 1.165) is 51.1 Å². The normalized spacial score (nSPS) is 21.3. The third-order valence-corrected chi connectivity index (χ3v) is 5.63. The van der Waals surface area contributed by atoms with Crippen LogP contribution in [-0.4, -0.2) is 54.9 Å². The highest BCUT2D eigenvalue weighted by atomic mass is 16.5. The lowest BCUT2D eigenvalue weighted by Crippen LogP contribution is -2.48. The molecule has 2 heterocycles. The number of amides is 2. The summed E-state index contributed by atoms with van der Waals surface area (Å²) in [6, 6.07) is 8.23. The molecule has 0 N–H and O–H groups in total. The zero-order valence-corrected chi connectivity index (χ0v) is 15.5. The van der Waals surface area contributed by atoms with Crippen molar-refractivity contribution in [1.82, 2.24) is 9.80 Å². The Hall–Kier alpha value is -2.30. The van der Waals surface area contributed by atoms with E-state index < -0.39 is 0 Å². The Kier molecular flexibility index (Phi) is 5.96. The van der Waals surface area contributed by atoms with Crippen LogP contribution in [0.4, 0.5) is 0 Å². The second-order valence-electron chi connectivity index (χ2n) is 7.20. The molecule has 2 saturated heterocycles. The quantitative estimate of drug-likeness (QED) is 0.780. The van der Waals surface area contributed by atoms with E-state index in [0.29, 0.717) is 12.5 Å². The highest BCUT2D eigenvalue weighted by Gasteiger charge is 2.32. The van der Waals surface area contributed by atoms with Crippen molar-refractivity contribution in [3.05, 3.63) is 42.5 Å². The van der Waals surface area contributed by atoms with Crippen LogP contribution in [0.25, 0.3) is 0 Å². The van der Waals surface area contributed by atoms with Crippen molar-refractivity contribution in [2.24, 2.45) is 5.92 Å². The Morgan fingerprint density at radius 2 is 1.92 bits per heavy atom. The number of carbonyl (C=O) groups is 2. The first kappa shape index (κ1) is 18.5. The lowest BCUT2D eigenvalue weighted by molar-refractivity contribution is -0.140. The molecule has 5 heteroatoms. The number of rotatable bonds is 4. The van der Waals surface area contributed by atoms with E-state index >= 15 is 0 Å². The maximum atomic E-state index is 12.9. The molecule has 1 aromatic carbocycles. The predicted molar refractivity (Wildman–Crippen MR) is 101 cm³/mol. The Morgan fingerprint density at radius 1 is 1.15 bits per heavy atom. The number of piperidine rings is 2. The molecule has 26 heavy (non-hydrogen) atoms. The van der Waals surface area contributed by atoms with Gasteiger partial charge in [-0.05, 0) is 55.4 Å². The molecule has 0 radical (unpaired) electrons. The van der Waals surface area contributed by atoms with Gasteiger partial charge in [-0.15, -0.1) is 0 Å². The summed E-state index contributed by atoms with van der Waals surface area (Å²) in [4.78, 5) is 28.5. The number of likely N-dealkylation sites (tertiary alicyclic amines) is 2. The number of carbonyl (C=O) groups excluding carboxylic acids is 2. The minimum absolute atomic E-state index is 0.0685. The maximum Gasteiger partial charge on any atom is 0.245 e. The van der Waals surface area contributed by atoms with Gasteiger partial charge in [0.25, 0.3) is 0 Å². The van der Waals surface area contributed by atoms with Crippen LogP contribution >= 0.6 is 0 Å². The monoisotopic (exact) mass is 356 g/mol. The van der Waals surface area contributed by atoms with E-state index in [-0.39, 0.29) is 17.7 Å². The predicted octanol–water partition coefficient (Wildman–Crippen LogP) is 2.83. The fourth-order valence-corrected chi connectivity index (χ4v) is 4.09. The highest BCUT2D eigenvalue weighted by Crippen LogP contribution is 2.31. The first-order valence-electron chi connectivity index (χ1n) is 9.46. The van der Waals surface area contributed by atoms with Crippen LogP contribution in [0, 0.1) is 5.92 Å². The molecule has 0 aliphatic carbocycles. The van der Waals surface area contributed by atoms with Crippen LogP contribution in [0.1, 0.15) is 37.2 Å². The molecule has 0 aromatic heterocycles. The van der Waals surface area contributed by atoms with Gasteiger partial charge in [-0.1, -0.05) is 18.7 Å². The van der Waals surface area contributed by atoms with Gasteiger partial charge in [-0.25, -0.2) is 0 Å². The van der Waals surface area contributed by atoms with Crippen LogP contribution in [-0.2, 0) is 9.59 Å². The molecular formula is C21H28N2O3. The fourth-order valence-electron chi connectivity index (χ4n) is 4.09. The second kappa shape index (κ2) is 8.39. The number of hydrogen-bond acceptors (Lipinski definition) is 3. The largest absolute Gasteiger partial charge is 0.497 e. The molecule has 5 nitrogen and oxygen atoms in total. The van der Waals surface area contributed by atoms with Crippen LogP contribution in [0.2, 0.25) is 0 Å². The summed E-state index contributed by atoms with van der Waals surface area (Å²) in [5.41, 5.74) is 1.29. The molecular weight excluding hydrogens is 328 g/mol. The van der Waals surface area contributed by atoms with Crippen molar-refractivity contribution >= 4 is 11.8 Å². The van der Waals surface area contributed by atoms with E-state index in [2.05, 4.69) is 18.7 Å². The third-order valence-electron chi connectivity index (χ3n) is 5.63. The molecule has 2 aliphatic heterocycles. The third kappa shape index (κ3) is 4.09. The summed E-state index contributed by atoms with van der Waals surface area (Å²) in [5, 5.41) is 0. The minimum atomic E-state index is -0.0702. The standard InChI is InChI=1S/C21H28N2O3/c1-3-20(24)23-11-5-7-18(15-23)21(25)22-12-9-16(10-13-22)17-6-4-8-19(14-17)26-2/h3-4,6,8,14,16,18H,1,5,7,9-13,15H2,2H3. The fraction of sp³-hybridized carbons (Fsp3) is 0.524. The average molecular weight is 356 g/mol. The highest BCUT2D eigenvalue weighted by molar-refractivity contribution is 5.88. The first-order valence-corrected chi connectivity index (χ1v) is 9.46. The lowest BCUT2D eigenvalue weighted by atomic mass is 9.88. The molecule has 0 spiro atoms. The van der Waals surface area contributed by atoms with Gasteiger partial charge in [0.05, 0.1) is 13.0 Å². The Bertz CT molecular complexity index is 665. The molecule has 2 fully saturated rings. The van der Waals surface area contributed by atoms with Crippen LogP contribution in [0.5, 0.6) is 5.75 Å². The van der Waals surface area contributed by atoms with Gasteiger partial charge >= 0.3 is 0 Å². The van der Waals surface area contributed by atoms with Gasteiger partial charge in [0.1, 0.15) is 5.75 Å². The number of methoxy groups -OCH3 is 1.